The molecule has 1 aromatic rings. The minimum Gasteiger partial charge on any atom is -0.465 e. The minimum atomic E-state index is -4.60. The van der Waals surface area contributed by atoms with Crippen LogP contribution in [0.5, 0.6) is 5.75 Å². The Kier molecular flexibility index (Phi) is 5.00. The van der Waals surface area contributed by atoms with E-state index in [1.807, 2.05) is 0 Å². The van der Waals surface area contributed by atoms with Gasteiger partial charge < -0.3 is 10.5 Å². The minimum absolute atomic E-state index is 0.0406. The van der Waals surface area contributed by atoms with E-state index >= 15 is 0 Å². The highest BCUT2D eigenvalue weighted by Crippen LogP contribution is 2.27. The average Bonchev–Trinajstić information content (AvgIpc) is 2.35. The van der Waals surface area contributed by atoms with Crippen LogP contribution in [-0.4, -0.2) is 36.8 Å². The molecule has 0 aromatic heterocycles. The van der Waals surface area contributed by atoms with Crippen LogP contribution in [0.1, 0.15) is 10.4 Å². The smallest absolute Gasteiger partial charge is 0.439 e. The summed E-state index contributed by atoms with van der Waals surface area (Å²) < 4.78 is 43.5. The molecule has 1 rings (SSSR count). The predicted octanol–water partition coefficient (Wildman–Crippen LogP) is 1.62. The molecule has 0 bridgehead atoms. The lowest BCUT2D eigenvalue weighted by Gasteiger charge is -2.28. The highest BCUT2D eigenvalue weighted by Gasteiger charge is 2.44. The molecule has 0 saturated heterocycles. The van der Waals surface area contributed by atoms with Crippen LogP contribution >= 0.6 is 0 Å². The SMILES string of the molecule is C#CCN(C)C(Oc1ccc(C(N)=O)cc1)C(F)(F)F. The number of hydrogen-bond acceptors (Lipinski definition) is 3. The fourth-order valence-electron chi connectivity index (χ4n) is 1.46. The van der Waals surface area contributed by atoms with Crippen LogP contribution in [0.4, 0.5) is 13.2 Å². The maximum atomic E-state index is 12.9. The number of halogens is 3. The van der Waals surface area contributed by atoms with E-state index in [1.54, 1.807) is 0 Å². The van der Waals surface area contributed by atoms with Gasteiger partial charge in [-0.3, -0.25) is 9.69 Å². The van der Waals surface area contributed by atoms with Crippen molar-refractivity contribution >= 4 is 5.91 Å². The number of rotatable bonds is 5. The zero-order valence-electron chi connectivity index (χ0n) is 10.6. The van der Waals surface area contributed by atoms with Crippen molar-refractivity contribution in [1.82, 2.24) is 4.90 Å². The Labute approximate surface area is 114 Å². The van der Waals surface area contributed by atoms with E-state index in [2.05, 4.69) is 5.92 Å². The van der Waals surface area contributed by atoms with Crippen molar-refractivity contribution in [2.45, 2.75) is 12.4 Å². The first-order valence-electron chi connectivity index (χ1n) is 5.52. The first-order chi connectivity index (χ1) is 9.25. The van der Waals surface area contributed by atoms with Crippen molar-refractivity contribution in [2.24, 2.45) is 5.73 Å². The first kappa shape index (κ1) is 15.9. The number of nitrogens with two attached hydrogens (primary N) is 1. The van der Waals surface area contributed by atoms with Crippen molar-refractivity contribution < 1.29 is 22.7 Å². The summed E-state index contributed by atoms with van der Waals surface area (Å²) in [5.74, 6) is 1.40. The maximum Gasteiger partial charge on any atom is 0.439 e. The number of benzene rings is 1. The van der Waals surface area contributed by atoms with E-state index in [1.165, 1.54) is 31.3 Å². The van der Waals surface area contributed by atoms with Crippen molar-refractivity contribution in [3.63, 3.8) is 0 Å². The van der Waals surface area contributed by atoms with E-state index in [0.29, 0.717) is 0 Å². The molecule has 0 aliphatic carbocycles. The molecule has 7 heteroatoms. The molecular weight excluding hydrogens is 273 g/mol. The molecule has 108 valence electrons. The van der Waals surface area contributed by atoms with Crippen LogP contribution in [0.15, 0.2) is 24.3 Å². The summed E-state index contributed by atoms with van der Waals surface area (Å²) in [6, 6.07) is 5.05. The van der Waals surface area contributed by atoms with E-state index in [9.17, 15) is 18.0 Å². The standard InChI is InChI=1S/C13H13F3N2O2/c1-3-8-18(2)12(13(14,15)16)20-10-6-4-9(5-7-10)11(17)19/h1,4-7,12H,8H2,2H3,(H2,17,19). The van der Waals surface area contributed by atoms with Gasteiger partial charge in [-0.2, -0.15) is 13.2 Å². The number of alkyl halides is 3. The third-order valence-electron chi connectivity index (χ3n) is 2.41. The van der Waals surface area contributed by atoms with Gasteiger partial charge in [0.1, 0.15) is 5.75 Å². The summed E-state index contributed by atoms with van der Waals surface area (Å²) in [7, 11) is 1.20. The Hall–Kier alpha value is -2.20. The maximum absolute atomic E-state index is 12.9. The summed E-state index contributed by atoms with van der Waals surface area (Å²) in [5.41, 5.74) is 5.21. The second kappa shape index (κ2) is 6.30. The molecule has 0 fully saturated rings. The number of primary amides is 1. The molecule has 0 heterocycles. The summed E-state index contributed by atoms with van der Waals surface area (Å²) in [6.07, 6.45) is -1.78. The van der Waals surface area contributed by atoms with Crippen LogP contribution in [0, 0.1) is 12.3 Å². The molecule has 0 aliphatic heterocycles. The van der Waals surface area contributed by atoms with Gasteiger partial charge in [-0.1, -0.05) is 5.92 Å². The van der Waals surface area contributed by atoms with Gasteiger partial charge in [-0.05, 0) is 31.3 Å². The quantitative estimate of drug-likeness (QED) is 0.661. The molecular formula is C13H13F3N2O2. The fraction of sp³-hybridized carbons (Fsp3) is 0.308. The largest absolute Gasteiger partial charge is 0.465 e. The van der Waals surface area contributed by atoms with Crippen molar-refractivity contribution in [3.05, 3.63) is 29.8 Å². The highest BCUT2D eigenvalue weighted by atomic mass is 19.4. The number of carbonyl (C=O) groups excluding carboxylic acids is 1. The number of terminal acetylenes is 1. The summed E-state index contributed by atoms with van der Waals surface area (Å²) >= 11 is 0. The molecule has 1 aromatic carbocycles. The Morgan fingerprint density at radius 3 is 2.40 bits per heavy atom. The van der Waals surface area contributed by atoms with E-state index < -0.39 is 18.3 Å². The Balaban J connectivity index is 2.90. The Bertz CT molecular complexity index is 506. The van der Waals surface area contributed by atoms with Gasteiger partial charge in [0.2, 0.25) is 12.1 Å². The van der Waals surface area contributed by atoms with Crippen molar-refractivity contribution in [2.75, 3.05) is 13.6 Å². The van der Waals surface area contributed by atoms with Crippen LogP contribution in [0.25, 0.3) is 0 Å². The zero-order chi connectivity index (χ0) is 15.3. The molecule has 0 spiro atoms. The molecule has 1 unspecified atom stereocenters. The number of hydrogen-bond donors (Lipinski definition) is 1. The molecule has 0 aliphatic rings. The van der Waals surface area contributed by atoms with Gasteiger partial charge in [0, 0.05) is 5.56 Å². The van der Waals surface area contributed by atoms with Crippen LogP contribution < -0.4 is 10.5 Å². The fourth-order valence-corrected chi connectivity index (χ4v) is 1.46. The summed E-state index contributed by atoms with van der Waals surface area (Å²) in [4.78, 5) is 11.7. The molecule has 0 saturated carbocycles. The van der Waals surface area contributed by atoms with Gasteiger partial charge in [0.15, 0.2) is 0 Å². The van der Waals surface area contributed by atoms with Gasteiger partial charge in [-0.25, -0.2) is 0 Å². The molecule has 4 nitrogen and oxygen atoms in total. The van der Waals surface area contributed by atoms with Crippen molar-refractivity contribution in [3.8, 4) is 18.1 Å². The Morgan fingerprint density at radius 1 is 1.45 bits per heavy atom. The lowest BCUT2D eigenvalue weighted by atomic mass is 10.2. The monoisotopic (exact) mass is 286 g/mol. The molecule has 1 amide bonds. The highest BCUT2D eigenvalue weighted by molar-refractivity contribution is 5.92. The predicted molar refractivity (Wildman–Crippen MR) is 66.9 cm³/mol. The van der Waals surface area contributed by atoms with Gasteiger partial charge >= 0.3 is 6.18 Å². The number of carbonyl (C=O) groups is 1. The topological polar surface area (TPSA) is 55.6 Å². The van der Waals surface area contributed by atoms with E-state index in [0.717, 1.165) is 4.90 Å². The van der Waals surface area contributed by atoms with Crippen LogP contribution in [0.2, 0.25) is 0 Å². The number of nitrogens with zero attached hydrogens (tertiary/aromatic N) is 1. The third kappa shape index (κ3) is 4.17. The second-order valence-corrected chi connectivity index (χ2v) is 4.02. The average molecular weight is 286 g/mol. The normalized spacial score (nSPS) is 12.8. The van der Waals surface area contributed by atoms with Gasteiger partial charge in [-0.15, -0.1) is 6.42 Å². The van der Waals surface area contributed by atoms with Gasteiger partial charge in [0.05, 0.1) is 6.54 Å². The van der Waals surface area contributed by atoms with Crippen LogP contribution in [0.3, 0.4) is 0 Å². The molecule has 0 radical (unpaired) electrons. The lowest BCUT2D eigenvalue weighted by Crippen LogP contribution is -2.47. The molecule has 1 atom stereocenters. The van der Waals surface area contributed by atoms with Crippen LogP contribution in [-0.2, 0) is 0 Å². The zero-order valence-corrected chi connectivity index (χ0v) is 10.6. The summed E-state index contributed by atoms with van der Waals surface area (Å²) in [5, 5.41) is 0. The number of ether oxygens (including phenoxy) is 1. The first-order valence-corrected chi connectivity index (χ1v) is 5.52. The van der Waals surface area contributed by atoms with E-state index in [4.69, 9.17) is 16.9 Å². The Morgan fingerprint density at radius 2 is 2.00 bits per heavy atom. The third-order valence-corrected chi connectivity index (χ3v) is 2.41. The van der Waals surface area contributed by atoms with Crippen molar-refractivity contribution in [1.29, 1.82) is 0 Å². The molecule has 20 heavy (non-hydrogen) atoms. The summed E-state index contributed by atoms with van der Waals surface area (Å²) in [6.45, 7) is -0.219. The van der Waals surface area contributed by atoms with Gasteiger partial charge in [0.25, 0.3) is 0 Å². The second-order valence-electron chi connectivity index (χ2n) is 4.02. The lowest BCUT2D eigenvalue weighted by molar-refractivity contribution is -0.234. The number of amides is 1. The van der Waals surface area contributed by atoms with E-state index in [-0.39, 0.29) is 17.9 Å². The molecule has 2 N–H and O–H groups in total.